The van der Waals surface area contributed by atoms with Crippen molar-refractivity contribution in [2.24, 2.45) is 0 Å². The quantitative estimate of drug-likeness (QED) is 0.873. The summed E-state index contributed by atoms with van der Waals surface area (Å²) >= 11 is 0. The van der Waals surface area contributed by atoms with Gasteiger partial charge in [-0.3, -0.25) is 4.79 Å². The minimum Gasteiger partial charge on any atom is -0.375 e. The molecule has 2 heterocycles. The number of amides is 1. The lowest BCUT2D eigenvalue weighted by molar-refractivity contribution is -0.123. The monoisotopic (exact) mass is 305 g/mol. The molecule has 0 unspecified atom stereocenters. The molecule has 2 atom stereocenters. The van der Waals surface area contributed by atoms with Crippen LogP contribution in [0.3, 0.4) is 0 Å². The maximum atomic E-state index is 14.1. The minimum atomic E-state index is -0.496. The number of morpholine rings is 1. The summed E-state index contributed by atoms with van der Waals surface area (Å²) in [4.78, 5) is 16.0. The molecule has 0 spiro atoms. The number of carbonyl (C=O) groups excluding carboxylic acids is 1. The third-order valence-corrected chi connectivity index (χ3v) is 3.48. The summed E-state index contributed by atoms with van der Waals surface area (Å²) in [6, 6.07) is 3.95. The molecule has 1 fully saturated rings. The van der Waals surface area contributed by atoms with Crippen LogP contribution in [0.4, 0.5) is 10.1 Å². The van der Waals surface area contributed by atoms with Crippen molar-refractivity contribution < 1.29 is 13.9 Å². The second-order valence-corrected chi connectivity index (χ2v) is 5.00. The minimum absolute atomic E-state index is 0.229. The molecule has 1 aliphatic rings. The number of rotatable bonds is 3. The fourth-order valence-corrected chi connectivity index (χ4v) is 2.35. The van der Waals surface area contributed by atoms with Crippen LogP contribution in [0.25, 0.3) is 5.69 Å². The number of ether oxygens (including phenoxy) is 1. The normalized spacial score (nSPS) is 21.5. The van der Waals surface area contributed by atoms with E-state index >= 15 is 0 Å². The number of hydrogen-bond donors (Lipinski definition) is 2. The second-order valence-electron chi connectivity index (χ2n) is 5.00. The first-order valence-corrected chi connectivity index (χ1v) is 6.95. The standard InChI is InChI=1S/C14H16FN5O2/c1-9-13(17-4-5-22-9)14(21)19-10-2-3-12(11(15)6-10)20-8-16-7-18-20/h2-3,6-9,13,17H,4-5H2,1H3,(H,19,21)/t9-,13+/m1/s1. The maximum Gasteiger partial charge on any atom is 0.244 e. The van der Waals surface area contributed by atoms with Crippen molar-refractivity contribution in [1.29, 1.82) is 0 Å². The number of aromatic nitrogens is 3. The van der Waals surface area contributed by atoms with Crippen LogP contribution in [-0.4, -0.2) is 46.0 Å². The molecule has 7 nitrogen and oxygen atoms in total. The maximum absolute atomic E-state index is 14.1. The fourth-order valence-electron chi connectivity index (χ4n) is 2.35. The highest BCUT2D eigenvalue weighted by Crippen LogP contribution is 2.18. The van der Waals surface area contributed by atoms with Gasteiger partial charge in [0.15, 0.2) is 5.82 Å². The first kappa shape index (κ1) is 14.6. The van der Waals surface area contributed by atoms with Gasteiger partial charge in [-0.25, -0.2) is 14.1 Å². The predicted molar refractivity (Wildman–Crippen MR) is 77.2 cm³/mol. The van der Waals surface area contributed by atoms with Gasteiger partial charge in [0.25, 0.3) is 0 Å². The van der Waals surface area contributed by atoms with Gasteiger partial charge >= 0.3 is 0 Å². The lowest BCUT2D eigenvalue weighted by Gasteiger charge is -2.29. The van der Waals surface area contributed by atoms with Crippen LogP contribution in [0.5, 0.6) is 0 Å². The van der Waals surface area contributed by atoms with Crippen LogP contribution >= 0.6 is 0 Å². The number of nitrogens with one attached hydrogen (secondary N) is 2. The molecule has 3 rings (SSSR count). The average molecular weight is 305 g/mol. The molecule has 1 aromatic heterocycles. The summed E-state index contributed by atoms with van der Waals surface area (Å²) in [5.74, 6) is -0.746. The van der Waals surface area contributed by atoms with Crippen LogP contribution in [0.1, 0.15) is 6.92 Å². The molecule has 1 aromatic carbocycles. The molecule has 1 aliphatic heterocycles. The number of anilines is 1. The number of hydrogen-bond acceptors (Lipinski definition) is 5. The Kier molecular flexibility index (Phi) is 4.12. The van der Waals surface area contributed by atoms with Crippen LogP contribution in [0, 0.1) is 5.82 Å². The van der Waals surface area contributed by atoms with E-state index in [-0.39, 0.29) is 17.7 Å². The molecular formula is C14H16FN5O2. The zero-order chi connectivity index (χ0) is 15.5. The van der Waals surface area contributed by atoms with Gasteiger partial charge in [0, 0.05) is 12.2 Å². The third-order valence-electron chi connectivity index (χ3n) is 3.48. The van der Waals surface area contributed by atoms with Gasteiger partial charge in [-0.1, -0.05) is 0 Å². The topological polar surface area (TPSA) is 81.1 Å². The molecule has 2 N–H and O–H groups in total. The third kappa shape index (κ3) is 2.97. The van der Waals surface area contributed by atoms with E-state index in [4.69, 9.17) is 4.74 Å². The van der Waals surface area contributed by atoms with Crippen molar-refractivity contribution in [3.05, 3.63) is 36.7 Å². The zero-order valence-electron chi connectivity index (χ0n) is 12.0. The van der Waals surface area contributed by atoms with E-state index in [0.29, 0.717) is 18.8 Å². The van der Waals surface area contributed by atoms with E-state index in [1.165, 1.54) is 29.5 Å². The lowest BCUT2D eigenvalue weighted by Crippen LogP contribution is -2.53. The summed E-state index contributed by atoms with van der Waals surface area (Å²) < 4.78 is 20.8. The number of nitrogens with zero attached hydrogens (tertiary/aromatic N) is 3. The van der Waals surface area contributed by atoms with Crippen LogP contribution in [0.2, 0.25) is 0 Å². The van der Waals surface area contributed by atoms with E-state index < -0.39 is 11.9 Å². The SMILES string of the molecule is C[C@H]1OCCN[C@@H]1C(=O)Nc1ccc(-n2cncn2)c(F)c1. The Morgan fingerprint density at radius 1 is 1.55 bits per heavy atom. The Labute approximate surface area is 126 Å². The van der Waals surface area contributed by atoms with Gasteiger partial charge in [0.2, 0.25) is 5.91 Å². The summed E-state index contributed by atoms with van der Waals surface area (Å²) in [6.45, 7) is 3.01. The highest BCUT2D eigenvalue weighted by Gasteiger charge is 2.28. The van der Waals surface area contributed by atoms with Crippen LogP contribution in [0.15, 0.2) is 30.9 Å². The highest BCUT2D eigenvalue weighted by atomic mass is 19.1. The molecule has 116 valence electrons. The summed E-state index contributed by atoms with van der Waals surface area (Å²) in [7, 11) is 0. The van der Waals surface area contributed by atoms with Gasteiger partial charge in [-0.15, -0.1) is 0 Å². The Bertz CT molecular complexity index is 661. The van der Waals surface area contributed by atoms with E-state index in [9.17, 15) is 9.18 Å². The van der Waals surface area contributed by atoms with Crippen molar-refractivity contribution in [3.8, 4) is 5.69 Å². The van der Waals surface area contributed by atoms with Crippen molar-refractivity contribution in [3.63, 3.8) is 0 Å². The smallest absolute Gasteiger partial charge is 0.244 e. The van der Waals surface area contributed by atoms with Crippen molar-refractivity contribution in [2.45, 2.75) is 19.1 Å². The van der Waals surface area contributed by atoms with Gasteiger partial charge in [0.1, 0.15) is 24.4 Å². The number of benzene rings is 1. The summed E-state index contributed by atoms with van der Waals surface area (Å²) in [5.41, 5.74) is 0.647. The van der Waals surface area contributed by atoms with E-state index in [2.05, 4.69) is 20.7 Å². The Morgan fingerprint density at radius 3 is 3.09 bits per heavy atom. The summed E-state index contributed by atoms with van der Waals surface area (Å²) in [6.07, 6.45) is 2.50. The first-order valence-electron chi connectivity index (χ1n) is 6.95. The van der Waals surface area contributed by atoms with Crippen LogP contribution < -0.4 is 10.6 Å². The van der Waals surface area contributed by atoms with Crippen LogP contribution in [-0.2, 0) is 9.53 Å². The molecule has 0 aliphatic carbocycles. The number of carbonyl (C=O) groups is 1. The largest absolute Gasteiger partial charge is 0.375 e. The van der Waals surface area contributed by atoms with Gasteiger partial charge in [-0.2, -0.15) is 5.10 Å². The molecule has 22 heavy (non-hydrogen) atoms. The number of halogens is 1. The average Bonchev–Trinajstić information content (AvgIpc) is 3.01. The van der Waals surface area contributed by atoms with E-state index in [0.717, 1.165) is 0 Å². The molecular weight excluding hydrogens is 289 g/mol. The fraction of sp³-hybridized carbons (Fsp3) is 0.357. The Balaban J connectivity index is 1.73. The Morgan fingerprint density at radius 2 is 2.41 bits per heavy atom. The lowest BCUT2D eigenvalue weighted by atomic mass is 10.1. The molecule has 1 amide bonds. The second kappa shape index (κ2) is 6.20. The molecule has 1 saturated heterocycles. The van der Waals surface area contributed by atoms with E-state index in [1.807, 2.05) is 6.92 Å². The van der Waals surface area contributed by atoms with Crippen molar-refractivity contribution in [1.82, 2.24) is 20.1 Å². The van der Waals surface area contributed by atoms with E-state index in [1.54, 1.807) is 6.07 Å². The Hall–Kier alpha value is -2.32. The zero-order valence-corrected chi connectivity index (χ0v) is 12.0. The summed E-state index contributed by atoms with van der Waals surface area (Å²) in [5, 5.41) is 9.65. The predicted octanol–water partition coefficient (Wildman–Crippen LogP) is 0.722. The molecule has 8 heteroatoms. The highest BCUT2D eigenvalue weighted by molar-refractivity contribution is 5.95. The molecule has 2 aromatic rings. The van der Waals surface area contributed by atoms with Gasteiger partial charge in [0.05, 0.1) is 12.7 Å². The first-order chi connectivity index (χ1) is 10.6. The van der Waals surface area contributed by atoms with Gasteiger partial charge < -0.3 is 15.4 Å². The van der Waals surface area contributed by atoms with Crippen molar-refractivity contribution in [2.75, 3.05) is 18.5 Å². The molecule has 0 radical (unpaired) electrons. The molecule has 0 bridgehead atoms. The van der Waals surface area contributed by atoms with Gasteiger partial charge in [-0.05, 0) is 25.1 Å². The van der Waals surface area contributed by atoms with Crippen molar-refractivity contribution >= 4 is 11.6 Å². The molecule has 0 saturated carbocycles.